The average molecular weight is 354 g/mol. The molecule has 6 nitrogen and oxygen atoms in total. The molecule has 1 heterocycles. The Morgan fingerprint density at radius 3 is 2.42 bits per heavy atom. The minimum absolute atomic E-state index is 0.0890. The third-order valence-electron chi connectivity index (χ3n) is 3.72. The molecule has 0 bridgehead atoms. The van der Waals surface area contributed by atoms with Crippen molar-refractivity contribution in [3.63, 3.8) is 0 Å². The summed E-state index contributed by atoms with van der Waals surface area (Å²) in [6, 6.07) is 15.7. The van der Waals surface area contributed by atoms with Gasteiger partial charge in [-0.3, -0.25) is 15.5 Å². The normalized spacial score (nSPS) is 10.4. The number of benzene rings is 2. The molecule has 3 N–H and O–H groups in total. The quantitative estimate of drug-likeness (QED) is 0.612. The van der Waals surface area contributed by atoms with Gasteiger partial charge < -0.3 is 9.73 Å². The number of hydrogen-bond donors (Lipinski definition) is 3. The molecule has 0 atom stereocenters. The van der Waals surface area contributed by atoms with Crippen molar-refractivity contribution in [1.29, 1.82) is 0 Å². The van der Waals surface area contributed by atoms with Crippen LogP contribution in [0.5, 0.6) is 0 Å². The Kier molecular flexibility index (Phi) is 5.09. The van der Waals surface area contributed by atoms with Crippen LogP contribution in [0.4, 0.5) is 10.1 Å². The molecule has 1 aromatic heterocycles. The van der Waals surface area contributed by atoms with Crippen LogP contribution in [0.1, 0.15) is 15.9 Å². The summed E-state index contributed by atoms with van der Waals surface area (Å²) in [5.41, 5.74) is 1.74. The average Bonchev–Trinajstić information content (AvgIpc) is 2.66. The lowest BCUT2D eigenvalue weighted by Crippen LogP contribution is -2.29. The first-order valence-electron chi connectivity index (χ1n) is 7.75. The van der Waals surface area contributed by atoms with E-state index in [9.17, 15) is 19.2 Å². The summed E-state index contributed by atoms with van der Waals surface area (Å²) in [6.45, 7) is 0.212. The Morgan fingerprint density at radius 2 is 1.77 bits per heavy atom. The Labute approximate surface area is 147 Å². The minimum Gasteiger partial charge on any atom is -0.422 e. The standard InChI is InChI=1S/C19H15FN2O4/c20-14-8-6-13(7-9-14)16-10-15(22-25)17(19(24)26-16)18(23)21-11-12-4-2-1-3-5-12/h1-10,22,25H,11H2,(H,21,23). The van der Waals surface area contributed by atoms with Crippen LogP contribution in [0.25, 0.3) is 11.3 Å². The van der Waals surface area contributed by atoms with Crippen molar-refractivity contribution in [1.82, 2.24) is 5.32 Å². The molecule has 0 aliphatic heterocycles. The molecule has 0 radical (unpaired) electrons. The highest BCUT2D eigenvalue weighted by atomic mass is 19.1. The minimum atomic E-state index is -0.922. The van der Waals surface area contributed by atoms with Gasteiger partial charge in [0, 0.05) is 18.2 Å². The van der Waals surface area contributed by atoms with Gasteiger partial charge in [0.2, 0.25) is 0 Å². The Morgan fingerprint density at radius 1 is 1.08 bits per heavy atom. The number of nitrogens with one attached hydrogen (secondary N) is 2. The van der Waals surface area contributed by atoms with Gasteiger partial charge in [0.25, 0.3) is 5.91 Å². The molecule has 3 rings (SSSR count). The monoisotopic (exact) mass is 354 g/mol. The Bertz CT molecular complexity index is 969. The fraction of sp³-hybridized carbons (Fsp3) is 0.0526. The van der Waals surface area contributed by atoms with Gasteiger partial charge in [-0.2, -0.15) is 0 Å². The first-order chi connectivity index (χ1) is 12.6. The molecular formula is C19H15FN2O4. The van der Waals surface area contributed by atoms with Crippen LogP contribution in [0.15, 0.2) is 69.9 Å². The van der Waals surface area contributed by atoms with Crippen LogP contribution in [0, 0.1) is 5.82 Å². The number of carbonyl (C=O) groups is 1. The molecule has 3 aromatic rings. The summed E-state index contributed by atoms with van der Waals surface area (Å²) < 4.78 is 18.2. The molecule has 2 aromatic carbocycles. The van der Waals surface area contributed by atoms with E-state index in [1.807, 2.05) is 35.8 Å². The molecule has 0 spiro atoms. The molecule has 7 heteroatoms. The van der Waals surface area contributed by atoms with Crippen LogP contribution in [0.2, 0.25) is 0 Å². The van der Waals surface area contributed by atoms with Gasteiger partial charge in [-0.25, -0.2) is 9.18 Å². The molecule has 0 saturated heterocycles. The van der Waals surface area contributed by atoms with Crippen molar-refractivity contribution >= 4 is 11.6 Å². The van der Waals surface area contributed by atoms with E-state index < -0.39 is 17.3 Å². The second-order valence-electron chi connectivity index (χ2n) is 5.47. The van der Waals surface area contributed by atoms with Gasteiger partial charge in [0.05, 0.1) is 5.69 Å². The van der Waals surface area contributed by atoms with E-state index in [-0.39, 0.29) is 23.6 Å². The molecule has 0 saturated carbocycles. The molecule has 132 valence electrons. The largest absolute Gasteiger partial charge is 0.422 e. The van der Waals surface area contributed by atoms with Gasteiger partial charge in [-0.05, 0) is 29.8 Å². The highest BCUT2D eigenvalue weighted by Gasteiger charge is 2.19. The lowest BCUT2D eigenvalue weighted by atomic mass is 10.1. The summed E-state index contributed by atoms with van der Waals surface area (Å²) in [7, 11) is 0. The van der Waals surface area contributed by atoms with E-state index in [4.69, 9.17) is 4.42 Å². The van der Waals surface area contributed by atoms with Crippen molar-refractivity contribution in [3.8, 4) is 11.3 Å². The zero-order valence-corrected chi connectivity index (χ0v) is 13.5. The molecule has 26 heavy (non-hydrogen) atoms. The number of hydrogen-bond acceptors (Lipinski definition) is 5. The molecular weight excluding hydrogens is 339 g/mol. The van der Waals surface area contributed by atoms with E-state index in [0.717, 1.165) is 5.56 Å². The van der Waals surface area contributed by atoms with Gasteiger partial charge in [-0.15, -0.1) is 0 Å². The maximum absolute atomic E-state index is 13.0. The second kappa shape index (κ2) is 7.62. The number of anilines is 1. The second-order valence-corrected chi connectivity index (χ2v) is 5.47. The van der Waals surface area contributed by atoms with E-state index >= 15 is 0 Å². The zero-order valence-electron chi connectivity index (χ0n) is 13.5. The summed E-state index contributed by atoms with van der Waals surface area (Å²) in [5, 5.41) is 11.9. The fourth-order valence-electron chi connectivity index (χ4n) is 2.42. The first kappa shape index (κ1) is 17.4. The highest BCUT2D eigenvalue weighted by Crippen LogP contribution is 2.23. The maximum atomic E-state index is 13.0. The van der Waals surface area contributed by atoms with E-state index in [2.05, 4.69) is 5.32 Å². The van der Waals surface area contributed by atoms with Crippen LogP contribution < -0.4 is 16.4 Å². The Hall–Kier alpha value is -3.45. The van der Waals surface area contributed by atoms with Crippen LogP contribution in [-0.2, 0) is 6.54 Å². The van der Waals surface area contributed by atoms with E-state index in [1.54, 1.807) is 0 Å². The van der Waals surface area contributed by atoms with E-state index in [1.165, 1.54) is 30.3 Å². The van der Waals surface area contributed by atoms with Crippen molar-refractivity contribution in [2.75, 3.05) is 5.48 Å². The number of halogens is 1. The maximum Gasteiger partial charge on any atom is 0.351 e. The van der Waals surface area contributed by atoms with Crippen molar-refractivity contribution < 1.29 is 18.8 Å². The topological polar surface area (TPSA) is 91.6 Å². The van der Waals surface area contributed by atoms with Gasteiger partial charge in [0.15, 0.2) is 5.56 Å². The van der Waals surface area contributed by atoms with E-state index in [0.29, 0.717) is 5.56 Å². The Balaban J connectivity index is 1.88. The van der Waals surface area contributed by atoms with Crippen molar-refractivity contribution in [3.05, 3.63) is 88.0 Å². The smallest absolute Gasteiger partial charge is 0.351 e. The third-order valence-corrected chi connectivity index (χ3v) is 3.72. The number of rotatable bonds is 5. The molecule has 0 fully saturated rings. The predicted molar refractivity (Wildman–Crippen MR) is 93.4 cm³/mol. The predicted octanol–water partition coefficient (Wildman–Crippen LogP) is 3.18. The van der Waals surface area contributed by atoms with Crippen molar-refractivity contribution in [2.45, 2.75) is 6.54 Å². The first-order valence-corrected chi connectivity index (χ1v) is 7.75. The van der Waals surface area contributed by atoms with Crippen molar-refractivity contribution in [2.24, 2.45) is 0 Å². The van der Waals surface area contributed by atoms with Crippen LogP contribution in [-0.4, -0.2) is 11.1 Å². The lowest BCUT2D eigenvalue weighted by molar-refractivity contribution is 0.0947. The van der Waals surface area contributed by atoms with Gasteiger partial charge >= 0.3 is 5.63 Å². The molecule has 0 unspecified atom stereocenters. The highest BCUT2D eigenvalue weighted by molar-refractivity contribution is 5.99. The summed E-state index contributed by atoms with van der Waals surface area (Å²) in [6.07, 6.45) is 0. The number of carbonyl (C=O) groups excluding carboxylic acids is 1. The van der Waals surface area contributed by atoms with Gasteiger partial charge in [0.1, 0.15) is 11.6 Å². The molecule has 0 aliphatic carbocycles. The summed E-state index contributed by atoms with van der Waals surface area (Å²) in [4.78, 5) is 24.6. The molecule has 0 aliphatic rings. The third kappa shape index (κ3) is 3.79. The SMILES string of the molecule is O=C(NCc1ccccc1)c1c(NO)cc(-c2ccc(F)cc2)oc1=O. The van der Waals surface area contributed by atoms with Crippen LogP contribution in [0.3, 0.4) is 0 Å². The zero-order chi connectivity index (χ0) is 18.5. The summed E-state index contributed by atoms with van der Waals surface area (Å²) in [5.74, 6) is -1.04. The number of amides is 1. The molecule has 1 amide bonds. The summed E-state index contributed by atoms with van der Waals surface area (Å²) >= 11 is 0. The van der Waals surface area contributed by atoms with Gasteiger partial charge in [-0.1, -0.05) is 30.3 Å². The van der Waals surface area contributed by atoms with Crippen LogP contribution >= 0.6 is 0 Å². The lowest BCUT2D eigenvalue weighted by Gasteiger charge is -2.10. The fourth-order valence-corrected chi connectivity index (χ4v) is 2.42.